The summed E-state index contributed by atoms with van der Waals surface area (Å²) < 4.78 is 0. The molecule has 3 N–H and O–H groups in total. The first kappa shape index (κ1) is 16.3. The van der Waals surface area contributed by atoms with Crippen molar-refractivity contribution < 1.29 is 9.90 Å². The Balaban J connectivity index is 2.43. The van der Waals surface area contributed by atoms with Crippen molar-refractivity contribution in [1.29, 1.82) is 0 Å². The van der Waals surface area contributed by atoms with E-state index in [1.165, 1.54) is 19.3 Å². The molecule has 19 heavy (non-hydrogen) atoms. The number of carbonyl (C=O) groups excluding carboxylic acids is 1. The van der Waals surface area contributed by atoms with Crippen molar-refractivity contribution in [1.82, 2.24) is 10.6 Å². The second-order valence-electron chi connectivity index (χ2n) is 6.06. The molecule has 1 rings (SSSR count). The topological polar surface area (TPSA) is 61.4 Å². The molecule has 0 saturated heterocycles. The van der Waals surface area contributed by atoms with Crippen LogP contribution in [-0.4, -0.2) is 30.3 Å². The maximum absolute atomic E-state index is 11.6. The quantitative estimate of drug-likeness (QED) is 0.694. The van der Waals surface area contributed by atoms with Gasteiger partial charge in [-0.15, -0.1) is 0 Å². The third kappa shape index (κ3) is 5.39. The molecule has 0 aromatic carbocycles. The van der Waals surface area contributed by atoms with E-state index in [9.17, 15) is 4.79 Å². The number of carbonyl (C=O) groups is 1. The van der Waals surface area contributed by atoms with Gasteiger partial charge in [0.05, 0.1) is 6.61 Å². The van der Waals surface area contributed by atoms with Gasteiger partial charge in [0.15, 0.2) is 0 Å². The number of amides is 2. The van der Waals surface area contributed by atoms with Crippen molar-refractivity contribution in [3.63, 3.8) is 0 Å². The minimum Gasteiger partial charge on any atom is -0.395 e. The number of hydrogen-bond acceptors (Lipinski definition) is 2. The second-order valence-corrected chi connectivity index (χ2v) is 6.06. The zero-order valence-electron chi connectivity index (χ0n) is 12.6. The Morgan fingerprint density at radius 1 is 1.37 bits per heavy atom. The molecule has 0 aliphatic heterocycles. The molecule has 2 amide bonds. The van der Waals surface area contributed by atoms with E-state index in [1.807, 2.05) is 0 Å². The van der Waals surface area contributed by atoms with E-state index >= 15 is 0 Å². The second kappa shape index (κ2) is 8.41. The fourth-order valence-electron chi connectivity index (χ4n) is 3.50. The molecule has 0 spiro atoms. The summed E-state index contributed by atoms with van der Waals surface area (Å²) in [7, 11) is 0. The van der Waals surface area contributed by atoms with Gasteiger partial charge in [-0.3, -0.25) is 0 Å². The molecule has 0 radical (unpaired) electrons. The van der Waals surface area contributed by atoms with E-state index in [1.54, 1.807) is 0 Å². The van der Waals surface area contributed by atoms with Crippen LogP contribution >= 0.6 is 0 Å². The molecular formula is C15H30N2O2. The Labute approximate surface area is 117 Å². The third-order valence-corrected chi connectivity index (χ3v) is 4.38. The van der Waals surface area contributed by atoms with Crippen molar-refractivity contribution in [2.24, 2.45) is 17.8 Å². The van der Waals surface area contributed by atoms with Gasteiger partial charge in [-0.05, 0) is 30.6 Å². The molecule has 1 fully saturated rings. The lowest BCUT2D eigenvalue weighted by Crippen LogP contribution is -2.45. The van der Waals surface area contributed by atoms with Crippen LogP contribution in [-0.2, 0) is 0 Å². The van der Waals surface area contributed by atoms with Gasteiger partial charge >= 0.3 is 6.03 Å². The van der Waals surface area contributed by atoms with Gasteiger partial charge in [0.1, 0.15) is 0 Å². The molecule has 3 unspecified atom stereocenters. The Morgan fingerprint density at radius 3 is 2.68 bits per heavy atom. The fourth-order valence-corrected chi connectivity index (χ4v) is 3.50. The van der Waals surface area contributed by atoms with E-state index in [2.05, 4.69) is 31.4 Å². The number of urea groups is 1. The Bertz CT molecular complexity index is 269. The average Bonchev–Trinajstić information content (AvgIpc) is 2.37. The molecule has 4 heteroatoms. The number of aliphatic hydroxyl groups is 1. The highest BCUT2D eigenvalue weighted by Crippen LogP contribution is 2.35. The Kier molecular flexibility index (Phi) is 7.21. The van der Waals surface area contributed by atoms with Crippen LogP contribution < -0.4 is 10.6 Å². The zero-order chi connectivity index (χ0) is 14.3. The summed E-state index contributed by atoms with van der Waals surface area (Å²) >= 11 is 0. The van der Waals surface area contributed by atoms with Gasteiger partial charge in [-0.2, -0.15) is 0 Å². The maximum atomic E-state index is 11.6. The van der Waals surface area contributed by atoms with Gasteiger partial charge in [0.25, 0.3) is 0 Å². The summed E-state index contributed by atoms with van der Waals surface area (Å²) in [6, 6.07) is 0.155. The van der Waals surface area contributed by atoms with Crippen LogP contribution in [0.4, 0.5) is 4.79 Å². The predicted octanol–water partition coefficient (Wildman–Crippen LogP) is 2.52. The highest BCUT2D eigenvalue weighted by molar-refractivity contribution is 5.74. The first-order valence-corrected chi connectivity index (χ1v) is 7.73. The van der Waals surface area contributed by atoms with Gasteiger partial charge in [-0.25, -0.2) is 4.79 Å². The van der Waals surface area contributed by atoms with Crippen LogP contribution in [0.2, 0.25) is 0 Å². The molecule has 0 aromatic rings. The van der Waals surface area contributed by atoms with Crippen molar-refractivity contribution in [3.05, 3.63) is 0 Å². The maximum Gasteiger partial charge on any atom is 0.315 e. The predicted molar refractivity (Wildman–Crippen MR) is 78.0 cm³/mol. The summed E-state index contributed by atoms with van der Waals surface area (Å²) in [6.07, 6.45) is 5.92. The molecule has 0 bridgehead atoms. The summed E-state index contributed by atoms with van der Waals surface area (Å²) in [5.74, 6) is 2.23. The van der Waals surface area contributed by atoms with Gasteiger partial charge in [0, 0.05) is 12.6 Å². The van der Waals surface area contributed by atoms with E-state index in [-0.39, 0.29) is 12.6 Å². The Hall–Kier alpha value is -0.770. The van der Waals surface area contributed by atoms with Crippen LogP contribution in [0.5, 0.6) is 0 Å². The van der Waals surface area contributed by atoms with Crippen molar-refractivity contribution in [2.75, 3.05) is 13.2 Å². The molecule has 0 heterocycles. The van der Waals surface area contributed by atoms with Crippen molar-refractivity contribution >= 4 is 6.03 Å². The summed E-state index contributed by atoms with van der Waals surface area (Å²) in [5, 5.41) is 14.4. The third-order valence-electron chi connectivity index (χ3n) is 4.38. The number of rotatable bonds is 6. The minimum absolute atomic E-state index is 0.00797. The standard InChI is InChI=1S/C15H30N2O2/c1-4-14(11(2)3)12-6-5-7-13(10-12)17-15(19)16-8-9-18/h11-14,18H,4-10H2,1-3H3,(H2,16,17,19). The monoisotopic (exact) mass is 270 g/mol. The van der Waals surface area contributed by atoms with E-state index in [0.29, 0.717) is 12.6 Å². The molecule has 0 aromatic heterocycles. The lowest BCUT2D eigenvalue weighted by atomic mass is 9.72. The van der Waals surface area contributed by atoms with E-state index < -0.39 is 0 Å². The van der Waals surface area contributed by atoms with Gasteiger partial charge < -0.3 is 15.7 Å². The van der Waals surface area contributed by atoms with Crippen LogP contribution in [0.25, 0.3) is 0 Å². The normalized spacial score (nSPS) is 25.1. The van der Waals surface area contributed by atoms with Gasteiger partial charge in [-0.1, -0.05) is 40.0 Å². The SMILES string of the molecule is CCC(C(C)C)C1CCCC(NC(=O)NCCO)C1. The van der Waals surface area contributed by atoms with Crippen molar-refractivity contribution in [2.45, 2.75) is 58.9 Å². The Morgan fingerprint density at radius 2 is 2.11 bits per heavy atom. The molecule has 1 saturated carbocycles. The lowest BCUT2D eigenvalue weighted by Gasteiger charge is -2.36. The van der Waals surface area contributed by atoms with Gasteiger partial charge in [0.2, 0.25) is 0 Å². The molecule has 112 valence electrons. The molecule has 3 atom stereocenters. The zero-order valence-corrected chi connectivity index (χ0v) is 12.6. The van der Waals surface area contributed by atoms with Crippen LogP contribution in [0.1, 0.15) is 52.9 Å². The summed E-state index contributed by atoms with van der Waals surface area (Å²) in [6.45, 7) is 7.20. The molecule has 1 aliphatic rings. The summed E-state index contributed by atoms with van der Waals surface area (Å²) in [4.78, 5) is 11.6. The average molecular weight is 270 g/mol. The highest BCUT2D eigenvalue weighted by Gasteiger charge is 2.29. The fraction of sp³-hybridized carbons (Fsp3) is 0.933. The van der Waals surface area contributed by atoms with Crippen LogP contribution in [0.15, 0.2) is 0 Å². The van der Waals surface area contributed by atoms with Crippen LogP contribution in [0.3, 0.4) is 0 Å². The first-order chi connectivity index (χ1) is 9.08. The largest absolute Gasteiger partial charge is 0.395 e. The molecule has 1 aliphatic carbocycles. The first-order valence-electron chi connectivity index (χ1n) is 7.73. The van der Waals surface area contributed by atoms with Crippen molar-refractivity contribution in [3.8, 4) is 0 Å². The summed E-state index contributed by atoms with van der Waals surface area (Å²) in [5.41, 5.74) is 0. The van der Waals surface area contributed by atoms with E-state index in [4.69, 9.17) is 5.11 Å². The highest BCUT2D eigenvalue weighted by atomic mass is 16.3. The van der Waals surface area contributed by atoms with E-state index in [0.717, 1.165) is 30.6 Å². The number of hydrogen-bond donors (Lipinski definition) is 3. The smallest absolute Gasteiger partial charge is 0.315 e. The van der Waals surface area contributed by atoms with Crippen LogP contribution in [0, 0.1) is 17.8 Å². The minimum atomic E-state index is -0.141. The number of nitrogens with one attached hydrogen (secondary N) is 2. The molecule has 4 nitrogen and oxygen atoms in total. The lowest BCUT2D eigenvalue weighted by molar-refractivity contribution is 0.165. The number of aliphatic hydroxyl groups excluding tert-OH is 1. The molecular weight excluding hydrogens is 240 g/mol.